The van der Waals surface area contributed by atoms with Crippen molar-refractivity contribution in [2.24, 2.45) is 0 Å². The highest BCUT2D eigenvalue weighted by molar-refractivity contribution is 6.30. The maximum absolute atomic E-state index is 11.6. The van der Waals surface area contributed by atoms with Gasteiger partial charge in [-0.05, 0) is 48.6 Å². The van der Waals surface area contributed by atoms with Crippen LogP contribution in [0, 0.1) is 0 Å². The third kappa shape index (κ3) is 5.60. The predicted molar refractivity (Wildman–Crippen MR) is 117 cm³/mol. The Bertz CT molecular complexity index is 984. The Kier molecular flexibility index (Phi) is 7.46. The van der Waals surface area contributed by atoms with Crippen molar-refractivity contribution >= 4 is 17.6 Å². The number of nitrogens with zero attached hydrogens (tertiary/aromatic N) is 3. The molecule has 158 valence electrons. The lowest BCUT2D eigenvalue weighted by Crippen LogP contribution is -2.08. The summed E-state index contributed by atoms with van der Waals surface area (Å²) in [7, 11) is 0. The van der Waals surface area contributed by atoms with Gasteiger partial charge >= 0.3 is 5.97 Å². The highest BCUT2D eigenvalue weighted by Gasteiger charge is 2.14. The number of carbonyl (C=O) groups excluding carboxylic acids is 1. The van der Waals surface area contributed by atoms with Crippen molar-refractivity contribution in [3.63, 3.8) is 0 Å². The molecular weight excluding hydrogens is 402 g/mol. The van der Waals surface area contributed by atoms with Gasteiger partial charge in [-0.3, -0.25) is 4.79 Å². The van der Waals surface area contributed by atoms with Gasteiger partial charge in [0, 0.05) is 18.8 Å². The zero-order valence-corrected chi connectivity index (χ0v) is 18.2. The fourth-order valence-electron chi connectivity index (χ4n) is 3.02. The summed E-state index contributed by atoms with van der Waals surface area (Å²) >= 11 is 5.93. The number of ether oxygens (including phenoxy) is 2. The van der Waals surface area contributed by atoms with Crippen molar-refractivity contribution in [3.05, 3.63) is 65.1 Å². The van der Waals surface area contributed by atoms with Crippen LogP contribution >= 0.6 is 11.6 Å². The van der Waals surface area contributed by atoms with Crippen LogP contribution in [0.1, 0.15) is 50.8 Å². The monoisotopic (exact) mass is 427 g/mol. The zero-order valence-electron chi connectivity index (χ0n) is 17.5. The molecule has 6 nitrogen and oxygen atoms in total. The molecule has 0 spiro atoms. The Morgan fingerprint density at radius 3 is 2.60 bits per heavy atom. The molecule has 0 saturated carbocycles. The SMILES string of the molecule is CCC(=O)Oc1ccccc1OCCCc1cn(-c2ccc(Cl)cn2)nc1C(C)C. The van der Waals surface area contributed by atoms with Crippen molar-refractivity contribution in [2.45, 2.75) is 46.0 Å². The molecule has 1 aromatic carbocycles. The smallest absolute Gasteiger partial charge is 0.311 e. The van der Waals surface area contributed by atoms with Crippen LogP contribution < -0.4 is 9.47 Å². The Labute approximate surface area is 181 Å². The second-order valence-electron chi connectivity index (χ2n) is 7.20. The predicted octanol–water partition coefficient (Wildman–Crippen LogP) is 5.37. The van der Waals surface area contributed by atoms with Gasteiger partial charge < -0.3 is 9.47 Å². The van der Waals surface area contributed by atoms with Gasteiger partial charge in [-0.2, -0.15) is 5.10 Å². The molecule has 0 unspecified atom stereocenters. The van der Waals surface area contributed by atoms with E-state index in [1.54, 1.807) is 29.9 Å². The van der Waals surface area contributed by atoms with Gasteiger partial charge in [0.05, 0.1) is 17.3 Å². The molecule has 30 heavy (non-hydrogen) atoms. The molecule has 0 N–H and O–H groups in total. The number of hydrogen-bond acceptors (Lipinski definition) is 5. The molecule has 0 amide bonds. The molecular formula is C23H26ClN3O3. The van der Waals surface area contributed by atoms with Gasteiger partial charge in [0.15, 0.2) is 17.3 Å². The molecule has 3 aromatic rings. The molecule has 3 rings (SSSR count). The quantitative estimate of drug-likeness (QED) is 0.261. The lowest BCUT2D eigenvalue weighted by atomic mass is 10.0. The minimum atomic E-state index is -0.282. The lowest BCUT2D eigenvalue weighted by molar-refractivity contribution is -0.134. The lowest BCUT2D eigenvalue weighted by Gasteiger charge is -2.11. The van der Waals surface area contributed by atoms with E-state index >= 15 is 0 Å². The second kappa shape index (κ2) is 10.3. The van der Waals surface area contributed by atoms with E-state index in [1.807, 2.05) is 30.5 Å². The van der Waals surface area contributed by atoms with Crippen molar-refractivity contribution in [2.75, 3.05) is 6.61 Å². The minimum absolute atomic E-state index is 0.282. The summed E-state index contributed by atoms with van der Waals surface area (Å²) in [5.74, 6) is 1.77. The van der Waals surface area contributed by atoms with E-state index in [0.717, 1.165) is 29.9 Å². The summed E-state index contributed by atoms with van der Waals surface area (Å²) in [5.41, 5.74) is 2.21. The van der Waals surface area contributed by atoms with Crippen LogP contribution in [0.4, 0.5) is 0 Å². The number of carbonyl (C=O) groups is 1. The zero-order chi connectivity index (χ0) is 21.5. The third-order valence-electron chi connectivity index (χ3n) is 4.53. The average molecular weight is 428 g/mol. The summed E-state index contributed by atoms with van der Waals surface area (Å²) in [5, 5.41) is 5.31. The molecule has 0 atom stereocenters. The maximum Gasteiger partial charge on any atom is 0.311 e. The molecule has 0 saturated heterocycles. The molecule has 0 bridgehead atoms. The van der Waals surface area contributed by atoms with Crippen LogP contribution in [0.25, 0.3) is 5.82 Å². The summed E-state index contributed by atoms with van der Waals surface area (Å²) in [4.78, 5) is 15.9. The Morgan fingerprint density at radius 2 is 1.93 bits per heavy atom. The number of hydrogen-bond donors (Lipinski definition) is 0. The molecule has 0 aliphatic rings. The van der Waals surface area contributed by atoms with E-state index in [1.165, 1.54) is 0 Å². The van der Waals surface area contributed by atoms with Crippen LogP contribution in [0.15, 0.2) is 48.8 Å². The van der Waals surface area contributed by atoms with E-state index in [0.29, 0.717) is 35.5 Å². The first-order valence-electron chi connectivity index (χ1n) is 10.1. The first-order valence-corrected chi connectivity index (χ1v) is 10.5. The number of aromatic nitrogens is 3. The standard InChI is InChI=1S/C23H26ClN3O3/c1-4-22(28)30-20-10-6-5-9-19(20)29-13-7-8-17-15-27(26-23(17)16(2)3)21-12-11-18(24)14-25-21/h5-6,9-12,14-16H,4,7-8,13H2,1-3H3. The van der Waals surface area contributed by atoms with E-state index in [9.17, 15) is 4.79 Å². The van der Waals surface area contributed by atoms with Gasteiger partial charge in [-0.1, -0.05) is 44.5 Å². The van der Waals surface area contributed by atoms with E-state index in [2.05, 4.69) is 18.8 Å². The highest BCUT2D eigenvalue weighted by atomic mass is 35.5. The number of benzene rings is 1. The fraction of sp³-hybridized carbons (Fsp3) is 0.348. The summed E-state index contributed by atoms with van der Waals surface area (Å²) < 4.78 is 13.0. The van der Waals surface area contributed by atoms with Crippen molar-refractivity contribution in [1.29, 1.82) is 0 Å². The van der Waals surface area contributed by atoms with Crippen molar-refractivity contribution < 1.29 is 14.3 Å². The maximum atomic E-state index is 11.6. The molecule has 0 aliphatic heterocycles. The van der Waals surface area contributed by atoms with Crippen molar-refractivity contribution in [3.8, 4) is 17.3 Å². The van der Waals surface area contributed by atoms with Crippen LogP contribution in [0.2, 0.25) is 5.02 Å². The number of esters is 1. The number of aryl methyl sites for hydroxylation is 1. The number of halogens is 1. The van der Waals surface area contributed by atoms with Crippen LogP contribution in [0.5, 0.6) is 11.5 Å². The van der Waals surface area contributed by atoms with Gasteiger partial charge in [0.2, 0.25) is 0 Å². The largest absolute Gasteiger partial charge is 0.490 e. The van der Waals surface area contributed by atoms with E-state index in [4.69, 9.17) is 26.2 Å². The summed E-state index contributed by atoms with van der Waals surface area (Å²) in [6.45, 7) is 6.51. The van der Waals surface area contributed by atoms with E-state index in [-0.39, 0.29) is 5.97 Å². The van der Waals surface area contributed by atoms with Crippen LogP contribution in [-0.4, -0.2) is 27.3 Å². The highest BCUT2D eigenvalue weighted by Crippen LogP contribution is 2.27. The number of pyridine rings is 1. The van der Waals surface area contributed by atoms with Gasteiger partial charge in [0.25, 0.3) is 0 Å². The van der Waals surface area contributed by atoms with E-state index < -0.39 is 0 Å². The number of rotatable bonds is 9. The topological polar surface area (TPSA) is 66.2 Å². The first kappa shape index (κ1) is 21.8. The molecule has 0 fully saturated rings. The normalized spacial score (nSPS) is 11.0. The third-order valence-corrected chi connectivity index (χ3v) is 4.75. The first-order chi connectivity index (χ1) is 14.5. The van der Waals surface area contributed by atoms with Crippen molar-refractivity contribution in [1.82, 2.24) is 14.8 Å². The van der Waals surface area contributed by atoms with Gasteiger partial charge in [-0.25, -0.2) is 9.67 Å². The Hall–Kier alpha value is -2.86. The Balaban J connectivity index is 1.64. The van der Waals surface area contributed by atoms with Gasteiger partial charge in [-0.15, -0.1) is 0 Å². The average Bonchev–Trinajstić information content (AvgIpc) is 3.17. The molecule has 0 aliphatic carbocycles. The molecule has 2 aromatic heterocycles. The summed E-state index contributed by atoms with van der Waals surface area (Å²) in [6, 6.07) is 10.9. The molecule has 2 heterocycles. The van der Waals surface area contributed by atoms with Crippen LogP contribution in [0.3, 0.4) is 0 Å². The number of para-hydroxylation sites is 2. The molecule has 7 heteroatoms. The minimum Gasteiger partial charge on any atom is -0.490 e. The Morgan fingerprint density at radius 1 is 1.17 bits per heavy atom. The van der Waals surface area contributed by atoms with Gasteiger partial charge in [0.1, 0.15) is 0 Å². The van der Waals surface area contributed by atoms with Crippen LogP contribution in [-0.2, 0) is 11.2 Å². The molecule has 0 radical (unpaired) electrons. The second-order valence-corrected chi connectivity index (χ2v) is 7.64. The fourth-order valence-corrected chi connectivity index (χ4v) is 3.13. The summed E-state index contributed by atoms with van der Waals surface area (Å²) in [6.07, 6.45) is 5.57.